The number of quaternary nitrogens is 1. The van der Waals surface area contributed by atoms with Gasteiger partial charge in [0, 0.05) is 6.42 Å². The maximum absolute atomic E-state index is 12.8. The van der Waals surface area contributed by atoms with Crippen molar-refractivity contribution in [2.75, 3.05) is 40.9 Å². The van der Waals surface area contributed by atoms with Crippen LogP contribution in [0.3, 0.4) is 0 Å². The Kier molecular flexibility index (Phi) is 39.3. The molecule has 9 heteroatoms. The van der Waals surface area contributed by atoms with Crippen LogP contribution in [0.15, 0.2) is 60.8 Å². The molecule has 0 aliphatic rings. The van der Waals surface area contributed by atoms with Crippen LogP contribution in [0.25, 0.3) is 0 Å². The molecule has 0 aromatic carbocycles. The molecule has 0 aromatic rings. The number of nitrogens with zero attached hydrogens (tertiary/aromatic N) is 1. The lowest BCUT2D eigenvalue weighted by molar-refractivity contribution is -0.870. The van der Waals surface area contributed by atoms with E-state index in [0.717, 1.165) is 70.6 Å². The van der Waals surface area contributed by atoms with Gasteiger partial charge in [0.25, 0.3) is 0 Å². The number of unbranched alkanes of at least 4 members (excludes halogenated alkanes) is 21. The van der Waals surface area contributed by atoms with Gasteiger partial charge in [-0.2, -0.15) is 0 Å². The summed E-state index contributed by atoms with van der Waals surface area (Å²) in [5.74, 6) is -0.185. The van der Waals surface area contributed by atoms with E-state index in [1.54, 1.807) is 6.08 Å². The van der Waals surface area contributed by atoms with E-state index in [-0.39, 0.29) is 19.1 Å². The molecule has 3 unspecified atom stereocenters. The van der Waals surface area contributed by atoms with Crippen LogP contribution >= 0.6 is 7.82 Å². The van der Waals surface area contributed by atoms with Crippen molar-refractivity contribution in [1.82, 2.24) is 5.32 Å². The van der Waals surface area contributed by atoms with Crippen LogP contribution in [-0.4, -0.2) is 73.4 Å². The van der Waals surface area contributed by atoms with Crippen molar-refractivity contribution in [1.29, 1.82) is 0 Å². The molecule has 0 saturated heterocycles. The Morgan fingerprint density at radius 3 is 1.52 bits per heavy atom. The number of phosphoric ester groups is 1. The molecular formula is C49H92N2O6P+. The first-order chi connectivity index (χ1) is 28.0. The van der Waals surface area contributed by atoms with Crippen molar-refractivity contribution in [2.24, 2.45) is 0 Å². The Bertz CT molecular complexity index is 1130. The van der Waals surface area contributed by atoms with Crippen LogP contribution in [-0.2, 0) is 18.4 Å². The molecule has 8 nitrogen and oxygen atoms in total. The van der Waals surface area contributed by atoms with Crippen LogP contribution in [0.1, 0.15) is 194 Å². The Hall–Kier alpha value is -1.80. The van der Waals surface area contributed by atoms with Gasteiger partial charge in [-0.1, -0.05) is 190 Å². The van der Waals surface area contributed by atoms with Crippen molar-refractivity contribution in [2.45, 2.75) is 206 Å². The number of aliphatic hydroxyl groups excluding tert-OH is 1. The number of amides is 1. The molecule has 0 aliphatic carbocycles. The van der Waals surface area contributed by atoms with Crippen molar-refractivity contribution in [3.8, 4) is 0 Å². The third-order valence-corrected chi connectivity index (χ3v) is 11.2. The lowest BCUT2D eigenvalue weighted by Gasteiger charge is -2.25. The molecule has 0 aliphatic heterocycles. The number of hydrogen-bond donors (Lipinski definition) is 3. The van der Waals surface area contributed by atoms with Gasteiger partial charge in [-0.15, -0.1) is 0 Å². The van der Waals surface area contributed by atoms with E-state index in [0.29, 0.717) is 17.4 Å². The van der Waals surface area contributed by atoms with Crippen LogP contribution in [0.2, 0.25) is 0 Å². The molecule has 0 rings (SSSR count). The summed E-state index contributed by atoms with van der Waals surface area (Å²) in [5, 5.41) is 13.6. The maximum atomic E-state index is 12.8. The molecule has 3 atom stereocenters. The molecular weight excluding hydrogens is 744 g/mol. The zero-order valence-corrected chi connectivity index (χ0v) is 39.2. The highest BCUT2D eigenvalue weighted by molar-refractivity contribution is 7.47. The molecule has 3 N–H and O–H groups in total. The monoisotopic (exact) mass is 836 g/mol. The lowest BCUT2D eigenvalue weighted by Crippen LogP contribution is -2.45. The van der Waals surface area contributed by atoms with E-state index in [2.05, 4.69) is 67.8 Å². The van der Waals surface area contributed by atoms with Crippen LogP contribution in [0, 0.1) is 0 Å². The number of aliphatic hydroxyl groups is 1. The first-order valence-corrected chi connectivity index (χ1v) is 25.2. The van der Waals surface area contributed by atoms with Crippen molar-refractivity contribution in [3.63, 3.8) is 0 Å². The van der Waals surface area contributed by atoms with E-state index in [1.807, 2.05) is 27.2 Å². The standard InChI is InChI=1S/C49H91N2O6P/c1-6-8-10-12-13-14-15-16-17-18-19-20-21-22-23-24-25-26-27-28-29-30-31-32-33-34-35-36-37-39-41-43-49(53)50-47(48(52)42-40-38-11-9-7-2)46-57-58(54,55)56-45-44-51(3,4)5/h8,10,13-14,16-17,19-20,40,42,47-48,52H,6-7,9,11-12,15,18,21-39,41,43-46H2,1-5H3,(H-,50,53,54,55)/p+1/b10-8-,14-13-,17-16-,20-19-,42-40+. The highest BCUT2D eigenvalue weighted by Gasteiger charge is 2.27. The highest BCUT2D eigenvalue weighted by atomic mass is 31.2. The zero-order chi connectivity index (χ0) is 42.8. The Labute approximate surface area is 358 Å². The summed E-state index contributed by atoms with van der Waals surface area (Å²) < 4.78 is 23.4. The summed E-state index contributed by atoms with van der Waals surface area (Å²) in [4.78, 5) is 22.9. The van der Waals surface area contributed by atoms with Crippen molar-refractivity contribution in [3.05, 3.63) is 60.8 Å². The zero-order valence-electron chi connectivity index (χ0n) is 38.3. The number of carbonyl (C=O) groups is 1. The molecule has 0 heterocycles. The Morgan fingerprint density at radius 1 is 0.603 bits per heavy atom. The summed E-state index contributed by atoms with van der Waals surface area (Å²) in [6, 6.07) is -0.842. The second-order valence-corrected chi connectivity index (χ2v) is 18.6. The average molecular weight is 836 g/mol. The second kappa shape index (κ2) is 40.6. The van der Waals surface area contributed by atoms with Gasteiger partial charge in [0.1, 0.15) is 13.2 Å². The summed E-state index contributed by atoms with van der Waals surface area (Å²) >= 11 is 0. The van der Waals surface area contributed by atoms with Gasteiger partial charge >= 0.3 is 7.82 Å². The molecule has 338 valence electrons. The number of phosphoric acid groups is 1. The lowest BCUT2D eigenvalue weighted by atomic mass is 10.0. The number of rotatable bonds is 42. The molecule has 0 aromatic heterocycles. The van der Waals surface area contributed by atoms with Gasteiger partial charge in [0.05, 0.1) is 39.9 Å². The second-order valence-electron chi connectivity index (χ2n) is 17.1. The van der Waals surface area contributed by atoms with E-state index >= 15 is 0 Å². The van der Waals surface area contributed by atoms with E-state index in [4.69, 9.17) is 9.05 Å². The largest absolute Gasteiger partial charge is 0.472 e. The van der Waals surface area contributed by atoms with Crippen molar-refractivity contribution >= 4 is 13.7 Å². The number of hydrogen-bond acceptors (Lipinski definition) is 5. The summed E-state index contributed by atoms with van der Waals surface area (Å²) in [7, 11) is 1.56. The fourth-order valence-electron chi connectivity index (χ4n) is 6.50. The number of allylic oxidation sites excluding steroid dienone is 9. The van der Waals surface area contributed by atoms with Crippen LogP contribution < -0.4 is 5.32 Å². The highest BCUT2D eigenvalue weighted by Crippen LogP contribution is 2.43. The SMILES string of the molecule is CC/C=C\C/C=C\C/C=C\C/C=C\CCCCCCCCCCCCCCCCCCCCC(=O)NC(COP(=O)(O)OCC[N+](C)(C)C)C(O)/C=C/CCCCC. The third-order valence-electron chi connectivity index (χ3n) is 10.2. The Balaban J connectivity index is 3.87. The fraction of sp³-hybridized carbons (Fsp3) is 0.776. The normalized spacial score (nSPS) is 14.8. The van der Waals surface area contributed by atoms with Crippen molar-refractivity contribution < 1.29 is 32.9 Å². The smallest absolute Gasteiger partial charge is 0.387 e. The van der Waals surface area contributed by atoms with E-state index in [1.165, 1.54) is 103 Å². The predicted molar refractivity (Wildman–Crippen MR) is 249 cm³/mol. The minimum absolute atomic E-state index is 0.0598. The molecule has 0 spiro atoms. The molecule has 0 fully saturated rings. The van der Waals surface area contributed by atoms with E-state index < -0.39 is 20.0 Å². The average Bonchev–Trinajstić information content (AvgIpc) is 3.17. The van der Waals surface area contributed by atoms with Gasteiger partial charge in [-0.05, 0) is 57.8 Å². The van der Waals surface area contributed by atoms with E-state index in [9.17, 15) is 19.4 Å². The molecule has 58 heavy (non-hydrogen) atoms. The third kappa shape index (κ3) is 42.3. The number of nitrogens with one attached hydrogen (secondary N) is 1. The van der Waals surface area contributed by atoms with Gasteiger partial charge in [-0.3, -0.25) is 13.8 Å². The first kappa shape index (κ1) is 56.2. The first-order valence-electron chi connectivity index (χ1n) is 23.7. The molecule has 0 saturated carbocycles. The molecule has 1 amide bonds. The minimum Gasteiger partial charge on any atom is -0.387 e. The summed E-state index contributed by atoms with van der Waals surface area (Å²) in [5.41, 5.74) is 0. The summed E-state index contributed by atoms with van der Waals surface area (Å²) in [6.45, 7) is 4.58. The van der Waals surface area contributed by atoms with Gasteiger partial charge < -0.3 is 19.8 Å². The molecule has 0 radical (unpaired) electrons. The topological polar surface area (TPSA) is 105 Å². The van der Waals surface area contributed by atoms with Gasteiger partial charge in [-0.25, -0.2) is 4.57 Å². The van der Waals surface area contributed by atoms with Crippen LogP contribution in [0.5, 0.6) is 0 Å². The predicted octanol–water partition coefficient (Wildman–Crippen LogP) is 13.4. The quantitative estimate of drug-likeness (QED) is 0.0245. The number of likely N-dealkylation sites (N-methyl/N-ethyl adjacent to an activating group) is 1. The maximum Gasteiger partial charge on any atom is 0.472 e. The minimum atomic E-state index is -4.32. The fourth-order valence-corrected chi connectivity index (χ4v) is 7.24. The van der Waals surface area contributed by atoms with Gasteiger partial charge in [0.2, 0.25) is 5.91 Å². The Morgan fingerprint density at radius 2 is 1.03 bits per heavy atom. The summed E-state index contributed by atoms with van der Waals surface area (Å²) in [6.07, 6.45) is 53.6. The number of carbonyl (C=O) groups excluding carboxylic acids is 1. The molecule has 0 bridgehead atoms. The van der Waals surface area contributed by atoms with Gasteiger partial charge in [0.15, 0.2) is 0 Å². The van der Waals surface area contributed by atoms with Crippen LogP contribution in [0.4, 0.5) is 0 Å².